The predicted octanol–water partition coefficient (Wildman–Crippen LogP) is 4.48. The van der Waals surface area contributed by atoms with Crippen molar-refractivity contribution < 1.29 is 18.7 Å². The van der Waals surface area contributed by atoms with Crippen LogP contribution in [0.2, 0.25) is 0 Å². The molecule has 1 rings (SSSR count). The average molecular weight is 373 g/mol. The Morgan fingerprint density at radius 1 is 1.30 bits per heavy atom. The lowest BCUT2D eigenvalue weighted by Crippen LogP contribution is -2.00. The Kier molecular flexibility index (Phi) is 11.3. The number of nitrogens with zero attached hydrogens (tertiary/aromatic N) is 3. The molecule has 0 unspecified atom stereocenters. The van der Waals surface area contributed by atoms with Gasteiger partial charge in [0.2, 0.25) is 0 Å². The number of hydrogen-bond acceptors (Lipinski definition) is 4. The Balaban J connectivity index is 0.000000636. The molecule has 0 saturated heterocycles. The number of aliphatic imine (C=N–C) groups is 2. The van der Waals surface area contributed by atoms with Crippen molar-refractivity contribution in [1.29, 1.82) is 5.26 Å². The van der Waals surface area contributed by atoms with Gasteiger partial charge in [-0.1, -0.05) is 12.1 Å². The molecular formula is C20H21F2N3O2. The zero-order chi connectivity index (χ0) is 20.8. The summed E-state index contributed by atoms with van der Waals surface area (Å²) < 4.78 is 26.5. The fraction of sp³-hybridized carbons (Fsp3) is 0.200. The Morgan fingerprint density at radius 3 is 2.44 bits per heavy atom. The van der Waals surface area contributed by atoms with Crippen LogP contribution in [0.1, 0.15) is 26.3 Å². The number of benzene rings is 1. The molecule has 0 radical (unpaired) electrons. The lowest BCUT2D eigenvalue weighted by Gasteiger charge is -2.02. The molecule has 0 amide bonds. The minimum atomic E-state index is -0.942. The van der Waals surface area contributed by atoms with E-state index in [0.717, 1.165) is 11.6 Å². The highest BCUT2D eigenvalue weighted by molar-refractivity contribution is 6.08. The number of carboxylic acids is 1. The van der Waals surface area contributed by atoms with E-state index in [1.807, 2.05) is 6.07 Å². The monoisotopic (exact) mass is 373 g/mol. The van der Waals surface area contributed by atoms with E-state index in [1.54, 1.807) is 26.8 Å². The Labute approximate surface area is 157 Å². The molecule has 0 atom stereocenters. The summed E-state index contributed by atoms with van der Waals surface area (Å²) in [5, 5.41) is 16.7. The van der Waals surface area contributed by atoms with E-state index < -0.39 is 17.6 Å². The minimum absolute atomic E-state index is 0.128. The van der Waals surface area contributed by atoms with Gasteiger partial charge in [-0.3, -0.25) is 9.98 Å². The maximum Gasteiger partial charge on any atom is 0.336 e. The number of carbonyl (C=O) groups is 1. The quantitative estimate of drug-likeness (QED) is 0.357. The summed E-state index contributed by atoms with van der Waals surface area (Å²) in [4.78, 5) is 17.8. The molecule has 0 aliphatic heterocycles. The summed E-state index contributed by atoms with van der Waals surface area (Å²) >= 11 is 0. The van der Waals surface area contributed by atoms with Crippen LogP contribution in [0.4, 0.5) is 8.78 Å². The van der Waals surface area contributed by atoms with Crippen molar-refractivity contribution in [1.82, 2.24) is 0 Å². The summed E-state index contributed by atoms with van der Waals surface area (Å²) in [5.41, 5.74) is 1.46. The van der Waals surface area contributed by atoms with Crippen LogP contribution in [0.3, 0.4) is 0 Å². The molecule has 0 saturated carbocycles. The Morgan fingerprint density at radius 2 is 1.96 bits per heavy atom. The van der Waals surface area contributed by atoms with Gasteiger partial charge in [-0.2, -0.15) is 5.26 Å². The molecule has 1 N–H and O–H groups in total. The lowest BCUT2D eigenvalue weighted by atomic mass is 10.1. The molecule has 0 bridgehead atoms. The maximum absolute atomic E-state index is 13.4. The zero-order valence-electron chi connectivity index (χ0n) is 15.6. The number of allylic oxidation sites excluding steroid dienone is 4. The summed E-state index contributed by atoms with van der Waals surface area (Å²) in [5.74, 6) is -2.74. The molecule has 0 spiro atoms. The highest BCUT2D eigenvalue weighted by Crippen LogP contribution is 2.12. The van der Waals surface area contributed by atoms with E-state index in [0.29, 0.717) is 5.71 Å². The van der Waals surface area contributed by atoms with Crippen molar-refractivity contribution in [2.75, 3.05) is 7.05 Å². The fourth-order valence-corrected chi connectivity index (χ4v) is 1.66. The molecule has 7 heteroatoms. The normalized spacial score (nSPS) is 12.7. The van der Waals surface area contributed by atoms with Crippen LogP contribution in [0, 0.1) is 23.0 Å². The van der Waals surface area contributed by atoms with Crippen molar-refractivity contribution in [3.63, 3.8) is 0 Å². The second-order valence-corrected chi connectivity index (χ2v) is 5.09. The van der Waals surface area contributed by atoms with Gasteiger partial charge in [0.05, 0.1) is 11.6 Å². The van der Waals surface area contributed by atoms with E-state index in [-0.39, 0.29) is 11.1 Å². The van der Waals surface area contributed by atoms with Gasteiger partial charge in [-0.15, -0.1) is 0 Å². The fourth-order valence-electron chi connectivity index (χ4n) is 1.66. The molecule has 1 aromatic carbocycles. The lowest BCUT2D eigenvalue weighted by molar-refractivity contribution is -0.132. The van der Waals surface area contributed by atoms with Crippen LogP contribution in [0.5, 0.6) is 0 Å². The molecular weight excluding hydrogens is 352 g/mol. The van der Waals surface area contributed by atoms with Crippen LogP contribution in [0.15, 0.2) is 63.8 Å². The molecule has 0 aliphatic carbocycles. The number of nitriles is 1. The van der Waals surface area contributed by atoms with E-state index in [4.69, 9.17) is 10.4 Å². The third-order valence-electron chi connectivity index (χ3n) is 3.05. The molecule has 142 valence electrons. The van der Waals surface area contributed by atoms with Crippen molar-refractivity contribution >= 4 is 17.9 Å². The molecule has 0 fully saturated rings. The summed E-state index contributed by atoms with van der Waals surface area (Å²) in [6, 6.07) is 5.81. The van der Waals surface area contributed by atoms with Gasteiger partial charge in [0.1, 0.15) is 0 Å². The molecule has 0 heterocycles. The number of aliphatic carboxylic acids is 1. The van der Waals surface area contributed by atoms with Gasteiger partial charge >= 0.3 is 5.97 Å². The maximum atomic E-state index is 13.4. The summed E-state index contributed by atoms with van der Waals surface area (Å²) in [7, 11) is 1.53. The smallest absolute Gasteiger partial charge is 0.336 e. The highest BCUT2D eigenvalue weighted by atomic mass is 19.2. The van der Waals surface area contributed by atoms with Crippen LogP contribution in [-0.4, -0.2) is 30.0 Å². The predicted molar refractivity (Wildman–Crippen MR) is 103 cm³/mol. The third-order valence-corrected chi connectivity index (χ3v) is 3.05. The van der Waals surface area contributed by atoms with Crippen molar-refractivity contribution in [2.45, 2.75) is 20.8 Å². The van der Waals surface area contributed by atoms with E-state index >= 15 is 0 Å². The standard InChI is InChI=1S/C14H12F2N2.C6H9NO2/c1-10(5-4-8-17)9-18-11(2)12-6-3-7-13(15)14(12)16;1-3-5(4-7-2)6(8)9/h3-7,9H,1-2H3;3-4H,1-2H3,(H,8,9)/b5-4+,10-9-,18-11?;5-3+,7-4?. The van der Waals surface area contributed by atoms with E-state index in [2.05, 4.69) is 9.98 Å². The van der Waals surface area contributed by atoms with Crippen LogP contribution >= 0.6 is 0 Å². The molecule has 5 nitrogen and oxygen atoms in total. The molecule has 0 aliphatic rings. The highest BCUT2D eigenvalue weighted by Gasteiger charge is 2.09. The first-order valence-corrected chi connectivity index (χ1v) is 7.81. The Hall–Kier alpha value is -3.40. The van der Waals surface area contributed by atoms with Crippen LogP contribution < -0.4 is 0 Å². The number of carboxylic acid groups (broad SMARTS) is 1. The van der Waals surface area contributed by atoms with Crippen LogP contribution in [-0.2, 0) is 4.79 Å². The first-order valence-electron chi connectivity index (χ1n) is 7.81. The third kappa shape index (κ3) is 9.02. The van der Waals surface area contributed by atoms with E-state index in [9.17, 15) is 13.6 Å². The van der Waals surface area contributed by atoms with Gasteiger partial charge in [0.15, 0.2) is 11.6 Å². The first kappa shape index (κ1) is 23.6. The minimum Gasteiger partial charge on any atom is -0.478 e. The molecule has 27 heavy (non-hydrogen) atoms. The van der Waals surface area contributed by atoms with Gasteiger partial charge in [-0.05, 0) is 44.6 Å². The van der Waals surface area contributed by atoms with Gasteiger partial charge in [0.25, 0.3) is 0 Å². The number of halogens is 2. The number of hydrogen-bond donors (Lipinski definition) is 1. The van der Waals surface area contributed by atoms with E-state index in [1.165, 1.54) is 43.7 Å². The first-order chi connectivity index (χ1) is 12.8. The van der Waals surface area contributed by atoms with Crippen molar-refractivity contribution in [3.8, 4) is 6.07 Å². The second-order valence-electron chi connectivity index (χ2n) is 5.09. The Bertz CT molecular complexity index is 845. The average Bonchev–Trinajstić information content (AvgIpc) is 2.64. The van der Waals surface area contributed by atoms with Gasteiger partial charge in [0, 0.05) is 36.8 Å². The topological polar surface area (TPSA) is 85.8 Å². The number of rotatable bonds is 5. The summed E-state index contributed by atoms with van der Waals surface area (Å²) in [6.07, 6.45) is 7.20. The zero-order valence-corrected chi connectivity index (χ0v) is 15.6. The van der Waals surface area contributed by atoms with Crippen LogP contribution in [0.25, 0.3) is 0 Å². The van der Waals surface area contributed by atoms with Crippen molar-refractivity contribution in [3.05, 3.63) is 71.0 Å². The largest absolute Gasteiger partial charge is 0.478 e. The van der Waals surface area contributed by atoms with Gasteiger partial charge in [-0.25, -0.2) is 13.6 Å². The van der Waals surface area contributed by atoms with Crippen molar-refractivity contribution in [2.24, 2.45) is 9.98 Å². The summed E-state index contributed by atoms with van der Waals surface area (Å²) in [6.45, 7) is 5.01. The van der Waals surface area contributed by atoms with Gasteiger partial charge < -0.3 is 5.11 Å². The molecule has 0 aromatic heterocycles. The second kappa shape index (κ2) is 12.9. The molecule has 1 aromatic rings. The SMILES string of the molecule is C/C=C(\C=NC)C(=O)O.CC(=N/C=C(C)\C=C\C#N)c1cccc(F)c1F.